The first-order valence-corrected chi connectivity index (χ1v) is 28.5. The van der Waals surface area contributed by atoms with E-state index in [0.717, 1.165) is 12.8 Å². The number of rotatable bonds is 16. The number of amides is 2. The number of nitrogens with one attached hydrogen (secondary N) is 3. The number of piperidine rings is 2. The van der Waals surface area contributed by atoms with Gasteiger partial charge in [-0.1, -0.05) is 39.5 Å². The number of nitrogens with zero attached hydrogens (tertiary/aromatic N) is 5. The van der Waals surface area contributed by atoms with Gasteiger partial charge >= 0.3 is 0 Å². The van der Waals surface area contributed by atoms with Crippen molar-refractivity contribution in [3.8, 4) is 0 Å². The van der Waals surface area contributed by atoms with Gasteiger partial charge in [0.05, 0.1) is 0 Å². The number of hydrogen-bond acceptors (Lipinski definition) is 12. The summed E-state index contributed by atoms with van der Waals surface area (Å²) in [7, 11) is -5.95. The molecule has 0 radical (unpaired) electrons. The highest BCUT2D eigenvalue weighted by Gasteiger charge is 2.56. The van der Waals surface area contributed by atoms with Crippen LogP contribution in [0.2, 0.25) is 0 Å². The lowest BCUT2D eigenvalue weighted by atomic mass is 9.88. The Morgan fingerprint density at radius 1 is 0.507 bits per heavy atom. The summed E-state index contributed by atoms with van der Waals surface area (Å²) in [5, 5.41) is 21.8. The zero-order valence-electron chi connectivity index (χ0n) is 43.9. The van der Waals surface area contributed by atoms with E-state index in [0.29, 0.717) is 78.5 Å². The highest BCUT2D eigenvalue weighted by molar-refractivity contribution is 7.91. The van der Waals surface area contributed by atoms with Crippen molar-refractivity contribution in [2.75, 3.05) is 95.4 Å². The Kier molecular flexibility index (Phi) is 19.6. The lowest BCUT2D eigenvalue weighted by Crippen LogP contribution is -2.63. The molecule has 0 spiro atoms. The van der Waals surface area contributed by atoms with Crippen molar-refractivity contribution in [1.29, 1.82) is 0 Å². The Morgan fingerprint density at radius 3 is 1.13 bits per heavy atom. The summed E-state index contributed by atoms with van der Waals surface area (Å²) < 4.78 is 54.4. The SMILES string of the molecule is CCCCCc1c(C)c(C)c(N2CCN(S(=O)(=O)C3(C(=O)NO)CCN(C)CC3)CC2)c(C)c1C.CCCCCc1c(C)c(C)c(N2CCN(S(=O)(=O)C3(C(=O)NO)CCNCC3)CC2)c(C)c1C. The van der Waals surface area contributed by atoms with Gasteiger partial charge in [-0.05, 0) is 196 Å². The van der Waals surface area contributed by atoms with Gasteiger partial charge in [0, 0.05) is 63.7 Å². The third kappa shape index (κ3) is 11.2. The number of benzene rings is 2. The topological polar surface area (TPSA) is 195 Å². The normalized spacial score (nSPS) is 19.5. The average Bonchev–Trinajstić information content (AvgIpc) is 3.35. The molecule has 2 aromatic rings. The van der Waals surface area contributed by atoms with E-state index in [1.807, 2.05) is 11.9 Å². The summed E-state index contributed by atoms with van der Waals surface area (Å²) in [5.41, 5.74) is 19.1. The Balaban J connectivity index is 0.000000258. The van der Waals surface area contributed by atoms with Gasteiger partial charge in [0.25, 0.3) is 11.8 Å². The lowest BCUT2D eigenvalue weighted by Gasteiger charge is -2.44. The molecule has 4 heterocycles. The molecule has 4 saturated heterocycles. The van der Waals surface area contributed by atoms with Crippen LogP contribution in [0.1, 0.15) is 134 Å². The van der Waals surface area contributed by atoms with Gasteiger partial charge in [-0.3, -0.25) is 20.0 Å². The maximum absolute atomic E-state index is 13.7. The summed E-state index contributed by atoms with van der Waals surface area (Å²) >= 11 is 0. The van der Waals surface area contributed by atoms with E-state index in [-0.39, 0.29) is 25.7 Å². The van der Waals surface area contributed by atoms with Crippen molar-refractivity contribution in [3.05, 3.63) is 55.6 Å². The van der Waals surface area contributed by atoms with Gasteiger partial charge in [0.15, 0.2) is 9.49 Å². The van der Waals surface area contributed by atoms with E-state index >= 15 is 0 Å². The van der Waals surface area contributed by atoms with E-state index in [2.05, 4.69) is 84.4 Å². The molecule has 0 atom stereocenters. The minimum Gasteiger partial charge on any atom is -0.368 e. The summed E-state index contributed by atoms with van der Waals surface area (Å²) in [4.78, 5) is 31.8. The smallest absolute Gasteiger partial charge is 0.266 e. The number of unbranched alkanes of at least 4 members (excludes halogenated alkanes) is 4. The van der Waals surface area contributed by atoms with Crippen LogP contribution in [0.4, 0.5) is 11.4 Å². The lowest BCUT2D eigenvalue weighted by molar-refractivity contribution is -0.133. The first-order chi connectivity index (χ1) is 32.6. The number of sulfonamides is 2. The number of hydroxylamine groups is 2. The summed E-state index contributed by atoms with van der Waals surface area (Å²) in [6.07, 6.45) is 10.1. The van der Waals surface area contributed by atoms with Crippen molar-refractivity contribution in [2.24, 2.45) is 0 Å². The average molecular weight is 1000 g/mol. The third-order valence-electron chi connectivity index (χ3n) is 16.6. The molecule has 4 aliphatic heterocycles. The zero-order valence-corrected chi connectivity index (χ0v) is 45.5. The Bertz CT molecular complexity index is 2290. The number of hydrogen-bond donors (Lipinski definition) is 5. The maximum atomic E-state index is 13.7. The van der Waals surface area contributed by atoms with Gasteiger partial charge < -0.3 is 20.0 Å². The van der Waals surface area contributed by atoms with Crippen LogP contribution in [0.3, 0.4) is 0 Å². The predicted octanol–water partition coefficient (Wildman–Crippen LogP) is 5.81. The molecule has 4 fully saturated rings. The molecular weight excluding hydrogens is 917 g/mol. The van der Waals surface area contributed by atoms with Crippen LogP contribution in [-0.4, -0.2) is 148 Å². The van der Waals surface area contributed by atoms with E-state index in [9.17, 15) is 36.8 Å². The molecule has 2 aromatic carbocycles. The highest BCUT2D eigenvalue weighted by atomic mass is 32.2. The quantitative estimate of drug-likeness (QED) is 0.0772. The van der Waals surface area contributed by atoms with Crippen LogP contribution in [-0.2, 0) is 42.5 Å². The van der Waals surface area contributed by atoms with Crippen molar-refractivity contribution in [2.45, 2.75) is 156 Å². The molecule has 6 rings (SSSR count). The minimum atomic E-state index is -3.94. The Hall–Kier alpha value is -3.36. The standard InChI is InChI=1S/C26H44N4O4S.C25H42N4O4S/c1-7-8-9-10-23-19(2)21(4)24(22(5)20(23)3)29-15-17-30(18-16-29)35(33,34)26(25(31)27-32)11-13-28(6)14-12-26;1-6-7-8-9-22-18(2)20(4)23(21(5)19(22)3)28-14-16-29(17-15-28)34(32,33)25(24(30)27-31)10-12-26-13-11-25/h32H,7-18H2,1-6H3,(H,27,31);26,31H,6-17H2,1-5H3,(H,27,30). The van der Waals surface area contributed by atoms with Crippen LogP contribution in [0, 0.1) is 55.4 Å². The molecule has 0 saturated carbocycles. The van der Waals surface area contributed by atoms with E-state index in [4.69, 9.17) is 0 Å². The van der Waals surface area contributed by atoms with Crippen molar-refractivity contribution >= 4 is 43.2 Å². The van der Waals surface area contributed by atoms with E-state index in [1.54, 1.807) is 11.0 Å². The van der Waals surface area contributed by atoms with E-state index in [1.165, 1.54) is 114 Å². The molecule has 69 heavy (non-hydrogen) atoms. The number of piperazine rings is 2. The van der Waals surface area contributed by atoms with Crippen molar-refractivity contribution < 1.29 is 36.8 Å². The second-order valence-corrected chi connectivity index (χ2v) is 24.8. The molecule has 0 unspecified atom stereocenters. The number of carbonyl (C=O) groups is 2. The largest absolute Gasteiger partial charge is 0.368 e. The van der Waals surface area contributed by atoms with Crippen LogP contribution < -0.4 is 26.1 Å². The molecule has 16 nitrogen and oxygen atoms in total. The number of carbonyl (C=O) groups excluding carboxylic acids is 2. The van der Waals surface area contributed by atoms with E-state index < -0.39 is 41.4 Å². The van der Waals surface area contributed by atoms with Gasteiger partial charge in [-0.2, -0.15) is 8.61 Å². The first-order valence-electron chi connectivity index (χ1n) is 25.6. The summed E-state index contributed by atoms with van der Waals surface area (Å²) in [5.74, 6) is -1.64. The molecule has 0 bridgehead atoms. The first kappa shape index (κ1) is 56.6. The van der Waals surface area contributed by atoms with Gasteiger partial charge in [0.2, 0.25) is 20.0 Å². The van der Waals surface area contributed by atoms with Crippen molar-refractivity contribution in [3.63, 3.8) is 0 Å². The van der Waals surface area contributed by atoms with Crippen LogP contribution in [0.15, 0.2) is 0 Å². The van der Waals surface area contributed by atoms with Crippen molar-refractivity contribution in [1.82, 2.24) is 29.8 Å². The van der Waals surface area contributed by atoms with Gasteiger partial charge in [0.1, 0.15) is 0 Å². The monoisotopic (exact) mass is 1000 g/mol. The Morgan fingerprint density at radius 2 is 0.826 bits per heavy atom. The molecule has 5 N–H and O–H groups in total. The van der Waals surface area contributed by atoms with Crippen LogP contribution in [0.25, 0.3) is 0 Å². The molecule has 4 aliphatic rings. The molecule has 18 heteroatoms. The van der Waals surface area contributed by atoms with Gasteiger partial charge in [-0.15, -0.1) is 0 Å². The molecule has 2 amide bonds. The van der Waals surface area contributed by atoms with Crippen LogP contribution >= 0.6 is 0 Å². The number of anilines is 2. The highest BCUT2D eigenvalue weighted by Crippen LogP contribution is 2.39. The van der Waals surface area contributed by atoms with Crippen LogP contribution in [0.5, 0.6) is 0 Å². The third-order valence-corrected chi connectivity index (χ3v) is 21.8. The fraction of sp³-hybridized carbons (Fsp3) is 0.725. The second kappa shape index (κ2) is 23.9. The molecule has 0 aromatic heterocycles. The fourth-order valence-corrected chi connectivity index (χ4v) is 15.8. The Labute approximate surface area is 414 Å². The number of likely N-dealkylation sites (tertiary alicyclic amines) is 1. The molecule has 390 valence electrons. The zero-order chi connectivity index (χ0) is 51.1. The summed E-state index contributed by atoms with van der Waals surface area (Å²) in [6, 6.07) is 0. The maximum Gasteiger partial charge on any atom is 0.266 e. The minimum absolute atomic E-state index is 0.151. The fourth-order valence-electron chi connectivity index (χ4n) is 11.6. The second-order valence-electron chi connectivity index (χ2n) is 20.3. The molecular formula is C51H86N8O8S2. The predicted molar refractivity (Wildman–Crippen MR) is 277 cm³/mol. The molecule has 0 aliphatic carbocycles. The summed E-state index contributed by atoms with van der Waals surface area (Å²) in [6.45, 7) is 27.5. The van der Waals surface area contributed by atoms with Gasteiger partial charge in [-0.25, -0.2) is 27.8 Å².